The summed E-state index contributed by atoms with van der Waals surface area (Å²) in [4.78, 5) is 0. The van der Waals surface area contributed by atoms with E-state index in [-0.39, 0.29) is 0 Å². The normalized spacial score (nSPS) is 10.8. The van der Waals surface area contributed by atoms with Gasteiger partial charge in [0.2, 0.25) is 0 Å². The molecule has 2 rings (SSSR count). The van der Waals surface area contributed by atoms with Crippen LogP contribution in [0.1, 0.15) is 42.0 Å². The van der Waals surface area contributed by atoms with Gasteiger partial charge in [-0.25, -0.2) is 0 Å². The molecule has 0 heterocycles. The van der Waals surface area contributed by atoms with Crippen LogP contribution in [0, 0.1) is 13.8 Å². The molecule has 0 aromatic heterocycles. The summed E-state index contributed by atoms with van der Waals surface area (Å²) in [7, 11) is 0. The Labute approximate surface area is 116 Å². The summed E-state index contributed by atoms with van der Waals surface area (Å²) in [5, 5.41) is 3.47. The molecule has 0 bridgehead atoms. The van der Waals surface area contributed by atoms with Gasteiger partial charge >= 0.3 is 0 Å². The van der Waals surface area contributed by atoms with E-state index in [4.69, 9.17) is 0 Å². The van der Waals surface area contributed by atoms with E-state index < -0.39 is 0 Å². The molecule has 0 unspecified atom stereocenters. The number of aryl methyl sites for hydroxylation is 2. The molecule has 2 aromatic rings. The molecule has 0 spiro atoms. The van der Waals surface area contributed by atoms with Crippen molar-refractivity contribution in [2.45, 2.75) is 40.2 Å². The lowest BCUT2D eigenvalue weighted by atomic mass is 10.0. The summed E-state index contributed by atoms with van der Waals surface area (Å²) in [5.74, 6) is 0.591. The topological polar surface area (TPSA) is 12.0 Å². The van der Waals surface area contributed by atoms with E-state index in [0.29, 0.717) is 5.92 Å². The van der Waals surface area contributed by atoms with E-state index in [9.17, 15) is 0 Å². The standard InChI is InChI=1S/C18H23N/c1-13(2)17-7-9-18(10-8-17)19-12-16-6-5-14(3)15(4)11-16/h5-11,13,19H,12H2,1-4H3. The highest BCUT2D eigenvalue weighted by Gasteiger charge is 2.00. The van der Waals surface area contributed by atoms with Crippen molar-refractivity contribution >= 4 is 5.69 Å². The third-order valence-electron chi connectivity index (χ3n) is 3.65. The van der Waals surface area contributed by atoms with E-state index in [1.165, 1.54) is 27.9 Å². The van der Waals surface area contributed by atoms with Gasteiger partial charge in [0.1, 0.15) is 0 Å². The molecule has 1 N–H and O–H groups in total. The van der Waals surface area contributed by atoms with Crippen LogP contribution in [0.25, 0.3) is 0 Å². The van der Waals surface area contributed by atoms with E-state index in [2.05, 4.69) is 75.5 Å². The predicted octanol–water partition coefficient (Wildman–Crippen LogP) is 5.04. The van der Waals surface area contributed by atoms with Gasteiger partial charge in [-0.15, -0.1) is 0 Å². The molecular formula is C18H23N. The van der Waals surface area contributed by atoms with Crippen molar-refractivity contribution in [3.8, 4) is 0 Å². The third kappa shape index (κ3) is 3.60. The van der Waals surface area contributed by atoms with Crippen LogP contribution in [0.15, 0.2) is 42.5 Å². The van der Waals surface area contributed by atoms with Gasteiger partial charge in [-0.1, -0.05) is 44.2 Å². The van der Waals surface area contributed by atoms with E-state index in [0.717, 1.165) is 6.54 Å². The summed E-state index contributed by atoms with van der Waals surface area (Å²) >= 11 is 0. The maximum atomic E-state index is 3.47. The number of nitrogens with one attached hydrogen (secondary N) is 1. The van der Waals surface area contributed by atoms with Gasteiger partial charge in [0.15, 0.2) is 0 Å². The minimum Gasteiger partial charge on any atom is -0.381 e. The van der Waals surface area contributed by atoms with E-state index in [1.54, 1.807) is 0 Å². The third-order valence-corrected chi connectivity index (χ3v) is 3.65. The molecule has 19 heavy (non-hydrogen) atoms. The van der Waals surface area contributed by atoms with Crippen LogP contribution >= 0.6 is 0 Å². The van der Waals surface area contributed by atoms with E-state index >= 15 is 0 Å². The van der Waals surface area contributed by atoms with Crippen molar-refractivity contribution in [2.75, 3.05) is 5.32 Å². The molecule has 1 heteroatoms. The maximum Gasteiger partial charge on any atom is 0.0400 e. The highest BCUT2D eigenvalue weighted by molar-refractivity contribution is 5.46. The number of hydrogen-bond acceptors (Lipinski definition) is 1. The molecule has 0 radical (unpaired) electrons. The molecule has 0 atom stereocenters. The molecule has 0 aliphatic rings. The quantitative estimate of drug-likeness (QED) is 0.805. The van der Waals surface area contributed by atoms with E-state index in [1.807, 2.05) is 0 Å². The molecule has 0 saturated carbocycles. The second-order valence-electron chi connectivity index (χ2n) is 5.55. The Balaban J connectivity index is 2.00. The minimum atomic E-state index is 0.591. The summed E-state index contributed by atoms with van der Waals surface area (Å²) < 4.78 is 0. The number of rotatable bonds is 4. The molecule has 1 nitrogen and oxygen atoms in total. The second kappa shape index (κ2) is 5.92. The van der Waals surface area contributed by atoms with Gasteiger partial charge in [-0.3, -0.25) is 0 Å². The fourth-order valence-electron chi connectivity index (χ4n) is 2.10. The van der Waals surface area contributed by atoms with Crippen molar-refractivity contribution in [3.63, 3.8) is 0 Å². The largest absolute Gasteiger partial charge is 0.381 e. The number of anilines is 1. The van der Waals surface area contributed by atoms with Gasteiger partial charge in [0.25, 0.3) is 0 Å². The summed E-state index contributed by atoms with van der Waals surface area (Å²) in [6, 6.07) is 15.4. The lowest BCUT2D eigenvalue weighted by Crippen LogP contribution is -2.00. The molecule has 0 aliphatic carbocycles. The Morgan fingerprint density at radius 1 is 0.895 bits per heavy atom. The highest BCUT2D eigenvalue weighted by atomic mass is 14.9. The molecule has 0 amide bonds. The SMILES string of the molecule is Cc1ccc(CNc2ccc(C(C)C)cc2)cc1C. The predicted molar refractivity (Wildman–Crippen MR) is 83.8 cm³/mol. The molecular weight excluding hydrogens is 230 g/mol. The molecule has 100 valence electrons. The molecule has 0 aliphatic heterocycles. The van der Waals surface area contributed by atoms with Crippen LogP contribution < -0.4 is 5.32 Å². The first-order valence-corrected chi connectivity index (χ1v) is 6.96. The molecule has 0 saturated heterocycles. The van der Waals surface area contributed by atoms with Crippen molar-refractivity contribution < 1.29 is 0 Å². The first-order valence-electron chi connectivity index (χ1n) is 6.96. The first-order chi connectivity index (χ1) is 9.06. The first kappa shape index (κ1) is 13.7. The van der Waals surface area contributed by atoms with Gasteiger partial charge in [-0.2, -0.15) is 0 Å². The molecule has 0 fully saturated rings. The Kier molecular flexibility index (Phi) is 4.26. The minimum absolute atomic E-state index is 0.591. The lowest BCUT2D eigenvalue weighted by Gasteiger charge is -2.10. The van der Waals surface area contributed by atoms with Crippen LogP contribution in [0.2, 0.25) is 0 Å². The monoisotopic (exact) mass is 253 g/mol. The van der Waals surface area contributed by atoms with Gasteiger partial charge in [-0.05, 0) is 54.2 Å². The van der Waals surface area contributed by atoms with Crippen molar-refractivity contribution in [1.29, 1.82) is 0 Å². The Morgan fingerprint density at radius 3 is 2.16 bits per heavy atom. The lowest BCUT2D eigenvalue weighted by molar-refractivity contribution is 0.867. The number of benzene rings is 2. The van der Waals surface area contributed by atoms with Crippen molar-refractivity contribution in [3.05, 3.63) is 64.7 Å². The smallest absolute Gasteiger partial charge is 0.0400 e. The number of hydrogen-bond donors (Lipinski definition) is 1. The summed E-state index contributed by atoms with van der Waals surface area (Å²) in [5.41, 5.74) is 6.61. The van der Waals surface area contributed by atoms with Crippen LogP contribution in [0.3, 0.4) is 0 Å². The zero-order chi connectivity index (χ0) is 13.8. The second-order valence-corrected chi connectivity index (χ2v) is 5.55. The fraction of sp³-hybridized carbons (Fsp3) is 0.333. The fourth-order valence-corrected chi connectivity index (χ4v) is 2.10. The van der Waals surface area contributed by atoms with Crippen LogP contribution in [0.5, 0.6) is 0 Å². The zero-order valence-electron chi connectivity index (χ0n) is 12.3. The van der Waals surface area contributed by atoms with Crippen molar-refractivity contribution in [1.82, 2.24) is 0 Å². The summed E-state index contributed by atoms with van der Waals surface area (Å²) in [6.45, 7) is 9.63. The zero-order valence-corrected chi connectivity index (χ0v) is 12.3. The van der Waals surface area contributed by atoms with Crippen LogP contribution in [-0.4, -0.2) is 0 Å². The van der Waals surface area contributed by atoms with Gasteiger partial charge < -0.3 is 5.32 Å². The Morgan fingerprint density at radius 2 is 1.58 bits per heavy atom. The Bertz CT molecular complexity index is 538. The average Bonchev–Trinajstić information content (AvgIpc) is 2.40. The van der Waals surface area contributed by atoms with Gasteiger partial charge in [0, 0.05) is 12.2 Å². The van der Waals surface area contributed by atoms with Crippen LogP contribution in [0.4, 0.5) is 5.69 Å². The van der Waals surface area contributed by atoms with Crippen LogP contribution in [-0.2, 0) is 6.54 Å². The Hall–Kier alpha value is -1.76. The maximum absolute atomic E-state index is 3.47. The molecule has 2 aromatic carbocycles. The highest BCUT2D eigenvalue weighted by Crippen LogP contribution is 2.18. The average molecular weight is 253 g/mol. The van der Waals surface area contributed by atoms with Gasteiger partial charge in [0.05, 0.1) is 0 Å². The summed E-state index contributed by atoms with van der Waals surface area (Å²) in [6.07, 6.45) is 0. The van der Waals surface area contributed by atoms with Crippen molar-refractivity contribution in [2.24, 2.45) is 0 Å².